The number of carbonyl (C=O) groups excluding carboxylic acids is 1. The molecule has 3 N–H and O–H groups in total. The van der Waals surface area contributed by atoms with E-state index in [4.69, 9.17) is 5.73 Å². The van der Waals surface area contributed by atoms with E-state index in [1.54, 1.807) is 6.07 Å². The van der Waals surface area contributed by atoms with Gasteiger partial charge in [-0.05, 0) is 36.0 Å². The fourth-order valence-corrected chi connectivity index (χ4v) is 2.45. The minimum Gasteiger partial charge on any atom is -0.352 e. The minimum absolute atomic E-state index is 0.0438. The minimum atomic E-state index is -0.0438. The Hall–Kier alpha value is -1.79. The number of hydrogen-bond acceptors (Lipinski definition) is 2. The van der Waals surface area contributed by atoms with E-state index in [1.807, 2.05) is 18.2 Å². The normalized spacial score (nSPS) is 10.7. The summed E-state index contributed by atoms with van der Waals surface area (Å²) in [5.74, 6) is 7.28. The summed E-state index contributed by atoms with van der Waals surface area (Å²) in [5, 5.41) is 3.03. The van der Waals surface area contributed by atoms with Gasteiger partial charge in [-0.25, -0.2) is 0 Å². The lowest BCUT2D eigenvalue weighted by molar-refractivity contribution is 0.0937. The topological polar surface area (TPSA) is 55.1 Å². The third kappa shape index (κ3) is 5.61. The Balaban J connectivity index is 2.71. The second-order valence-electron chi connectivity index (χ2n) is 5.95. The first kappa shape index (κ1) is 17.3. The maximum atomic E-state index is 12.2. The maximum absolute atomic E-state index is 12.2. The van der Waals surface area contributed by atoms with Crippen molar-refractivity contribution in [2.75, 3.05) is 13.1 Å². The van der Waals surface area contributed by atoms with Gasteiger partial charge in [0.2, 0.25) is 0 Å². The van der Waals surface area contributed by atoms with Crippen molar-refractivity contribution in [2.24, 2.45) is 23.5 Å². The molecule has 0 atom stereocenters. The average Bonchev–Trinajstić information content (AvgIpc) is 2.44. The Morgan fingerprint density at radius 3 is 2.48 bits per heavy atom. The van der Waals surface area contributed by atoms with E-state index in [2.05, 4.69) is 44.9 Å². The first-order chi connectivity index (χ1) is 9.95. The first-order valence-electron chi connectivity index (χ1n) is 7.53. The van der Waals surface area contributed by atoms with Crippen LogP contribution in [0, 0.1) is 29.6 Å². The van der Waals surface area contributed by atoms with Crippen LogP contribution in [0.25, 0.3) is 0 Å². The van der Waals surface area contributed by atoms with E-state index in [9.17, 15) is 4.79 Å². The van der Waals surface area contributed by atoms with Crippen LogP contribution in [0.5, 0.6) is 0 Å². The number of carbonyl (C=O) groups is 1. The summed E-state index contributed by atoms with van der Waals surface area (Å²) >= 11 is 0. The third-order valence-corrected chi connectivity index (χ3v) is 3.67. The summed E-state index contributed by atoms with van der Waals surface area (Å²) in [6.07, 6.45) is 0. The summed E-state index contributed by atoms with van der Waals surface area (Å²) < 4.78 is 0. The van der Waals surface area contributed by atoms with Crippen LogP contribution >= 0.6 is 0 Å². The molecule has 0 saturated heterocycles. The van der Waals surface area contributed by atoms with Crippen molar-refractivity contribution in [1.29, 1.82) is 0 Å². The van der Waals surface area contributed by atoms with Crippen LogP contribution in [0.4, 0.5) is 0 Å². The molecule has 114 valence electrons. The standard InChI is InChI=1S/C18H26N2O/c1-13(2)17(14(3)4)12-20-18(21)16-9-5-7-15(11-16)8-6-10-19/h5,7,9,11,13-14,17H,10,12,19H2,1-4H3,(H,20,21). The monoisotopic (exact) mass is 286 g/mol. The quantitative estimate of drug-likeness (QED) is 0.818. The Morgan fingerprint density at radius 1 is 1.24 bits per heavy atom. The molecule has 1 rings (SSSR count). The van der Waals surface area contributed by atoms with Gasteiger partial charge in [0.25, 0.3) is 5.91 Å². The Bertz CT molecular complexity index is 516. The number of hydrogen-bond donors (Lipinski definition) is 2. The third-order valence-electron chi connectivity index (χ3n) is 3.67. The van der Waals surface area contributed by atoms with Crippen LogP contribution in [0.1, 0.15) is 43.6 Å². The predicted octanol–water partition coefficient (Wildman–Crippen LogP) is 2.65. The molecule has 3 nitrogen and oxygen atoms in total. The Kier molecular flexibility index (Phi) is 6.98. The number of benzene rings is 1. The highest BCUT2D eigenvalue weighted by Crippen LogP contribution is 2.19. The summed E-state index contributed by atoms with van der Waals surface area (Å²) in [6.45, 7) is 9.80. The maximum Gasteiger partial charge on any atom is 0.251 e. The molecule has 0 aliphatic heterocycles. The van der Waals surface area contributed by atoms with Gasteiger partial charge in [-0.3, -0.25) is 4.79 Å². The van der Waals surface area contributed by atoms with Gasteiger partial charge in [-0.15, -0.1) is 0 Å². The molecule has 0 fully saturated rings. The summed E-state index contributed by atoms with van der Waals surface area (Å²) in [7, 11) is 0. The molecule has 1 amide bonds. The molecule has 1 aromatic carbocycles. The molecule has 0 aromatic heterocycles. The van der Waals surface area contributed by atoms with E-state index in [0.29, 0.717) is 36.4 Å². The van der Waals surface area contributed by atoms with Crippen LogP contribution in [-0.2, 0) is 0 Å². The van der Waals surface area contributed by atoms with Crippen LogP contribution in [-0.4, -0.2) is 19.0 Å². The molecule has 0 saturated carbocycles. The number of amides is 1. The lowest BCUT2D eigenvalue weighted by atomic mass is 9.85. The van der Waals surface area contributed by atoms with Crippen molar-refractivity contribution in [3.05, 3.63) is 35.4 Å². The van der Waals surface area contributed by atoms with E-state index in [-0.39, 0.29) is 5.91 Å². The smallest absolute Gasteiger partial charge is 0.251 e. The van der Waals surface area contributed by atoms with Crippen molar-refractivity contribution >= 4 is 5.91 Å². The fraction of sp³-hybridized carbons (Fsp3) is 0.500. The van der Waals surface area contributed by atoms with Crippen LogP contribution < -0.4 is 11.1 Å². The van der Waals surface area contributed by atoms with Gasteiger partial charge < -0.3 is 11.1 Å². The molecular formula is C18H26N2O. The zero-order valence-electron chi connectivity index (χ0n) is 13.4. The van der Waals surface area contributed by atoms with Crippen molar-refractivity contribution in [2.45, 2.75) is 27.7 Å². The molecule has 0 aliphatic rings. The largest absolute Gasteiger partial charge is 0.352 e. The van der Waals surface area contributed by atoms with E-state index >= 15 is 0 Å². The lowest BCUT2D eigenvalue weighted by Crippen LogP contribution is -2.33. The molecule has 0 unspecified atom stereocenters. The van der Waals surface area contributed by atoms with Crippen molar-refractivity contribution < 1.29 is 4.79 Å². The molecular weight excluding hydrogens is 260 g/mol. The summed E-state index contributed by atoms with van der Waals surface area (Å²) in [6, 6.07) is 7.34. The Labute approximate surface area is 128 Å². The van der Waals surface area contributed by atoms with E-state index < -0.39 is 0 Å². The van der Waals surface area contributed by atoms with E-state index in [1.165, 1.54) is 0 Å². The van der Waals surface area contributed by atoms with Gasteiger partial charge in [0.1, 0.15) is 0 Å². The second-order valence-corrected chi connectivity index (χ2v) is 5.95. The molecule has 0 heterocycles. The van der Waals surface area contributed by atoms with Gasteiger partial charge in [0, 0.05) is 17.7 Å². The number of rotatable bonds is 5. The molecule has 0 aliphatic carbocycles. The second kappa shape index (κ2) is 8.49. The van der Waals surface area contributed by atoms with Crippen LogP contribution in [0.3, 0.4) is 0 Å². The van der Waals surface area contributed by atoms with Crippen molar-refractivity contribution in [3.8, 4) is 11.8 Å². The van der Waals surface area contributed by atoms with E-state index in [0.717, 1.165) is 5.56 Å². The molecule has 3 heteroatoms. The highest BCUT2D eigenvalue weighted by molar-refractivity contribution is 5.94. The number of nitrogens with one attached hydrogen (secondary N) is 1. The zero-order valence-corrected chi connectivity index (χ0v) is 13.4. The fourth-order valence-electron chi connectivity index (χ4n) is 2.45. The van der Waals surface area contributed by atoms with Crippen molar-refractivity contribution in [1.82, 2.24) is 5.32 Å². The summed E-state index contributed by atoms with van der Waals surface area (Å²) in [4.78, 5) is 12.2. The lowest BCUT2D eigenvalue weighted by Gasteiger charge is -2.25. The Morgan fingerprint density at radius 2 is 1.90 bits per heavy atom. The van der Waals surface area contributed by atoms with Crippen molar-refractivity contribution in [3.63, 3.8) is 0 Å². The molecule has 0 radical (unpaired) electrons. The zero-order chi connectivity index (χ0) is 15.8. The molecule has 0 bridgehead atoms. The van der Waals surface area contributed by atoms with Gasteiger partial charge >= 0.3 is 0 Å². The van der Waals surface area contributed by atoms with Gasteiger partial charge in [-0.1, -0.05) is 45.6 Å². The predicted molar refractivity (Wildman–Crippen MR) is 87.9 cm³/mol. The molecule has 1 aromatic rings. The molecule has 0 spiro atoms. The summed E-state index contributed by atoms with van der Waals surface area (Å²) in [5.41, 5.74) is 6.82. The SMILES string of the molecule is CC(C)C(CNC(=O)c1cccc(C#CCN)c1)C(C)C. The highest BCUT2D eigenvalue weighted by Gasteiger charge is 2.18. The van der Waals surface area contributed by atoms with Gasteiger partial charge in [0.15, 0.2) is 0 Å². The van der Waals surface area contributed by atoms with Crippen LogP contribution in [0.15, 0.2) is 24.3 Å². The van der Waals surface area contributed by atoms with Gasteiger partial charge in [0.05, 0.1) is 6.54 Å². The number of nitrogens with two attached hydrogens (primary N) is 1. The molecule has 21 heavy (non-hydrogen) atoms. The van der Waals surface area contributed by atoms with Gasteiger partial charge in [-0.2, -0.15) is 0 Å². The average molecular weight is 286 g/mol. The van der Waals surface area contributed by atoms with Crippen LogP contribution in [0.2, 0.25) is 0 Å². The highest BCUT2D eigenvalue weighted by atomic mass is 16.1. The first-order valence-corrected chi connectivity index (χ1v) is 7.53.